The third-order valence-corrected chi connectivity index (χ3v) is 3.06. The standard InChI is InChI=1S/C14H8F3N3O2/c15-14(16,17)9-4-1-3-8(7-9)11-12(13(21)22)20-10(19-11)5-2-6-18-20/h1-7H,(H,21,22). The zero-order chi connectivity index (χ0) is 15.9. The van der Waals surface area contributed by atoms with Crippen LogP contribution >= 0.6 is 0 Å². The maximum absolute atomic E-state index is 12.8. The molecule has 5 nitrogen and oxygen atoms in total. The molecule has 1 N–H and O–H groups in total. The minimum Gasteiger partial charge on any atom is -0.476 e. The van der Waals surface area contributed by atoms with Crippen LogP contribution in [-0.4, -0.2) is 25.7 Å². The molecule has 8 heteroatoms. The van der Waals surface area contributed by atoms with Crippen molar-refractivity contribution in [3.63, 3.8) is 0 Å². The van der Waals surface area contributed by atoms with Crippen LogP contribution in [0.1, 0.15) is 16.1 Å². The quantitative estimate of drug-likeness (QED) is 0.790. The van der Waals surface area contributed by atoms with E-state index in [2.05, 4.69) is 10.1 Å². The van der Waals surface area contributed by atoms with E-state index in [-0.39, 0.29) is 22.6 Å². The number of aromatic nitrogens is 3. The summed E-state index contributed by atoms with van der Waals surface area (Å²) in [5.41, 5.74) is -0.899. The van der Waals surface area contributed by atoms with Crippen LogP contribution in [-0.2, 0) is 6.18 Å². The highest BCUT2D eigenvalue weighted by Gasteiger charge is 2.31. The number of nitrogens with zero attached hydrogens (tertiary/aromatic N) is 3. The predicted molar refractivity (Wildman–Crippen MR) is 70.4 cm³/mol. The second-order valence-corrected chi connectivity index (χ2v) is 4.49. The van der Waals surface area contributed by atoms with Gasteiger partial charge in [-0.15, -0.1) is 0 Å². The molecule has 0 bridgehead atoms. The van der Waals surface area contributed by atoms with Crippen molar-refractivity contribution in [2.75, 3.05) is 0 Å². The van der Waals surface area contributed by atoms with Crippen LogP contribution < -0.4 is 0 Å². The molecule has 0 fully saturated rings. The molecule has 0 amide bonds. The summed E-state index contributed by atoms with van der Waals surface area (Å²) in [5.74, 6) is -1.32. The van der Waals surface area contributed by atoms with Gasteiger partial charge in [-0.05, 0) is 24.3 Å². The summed E-state index contributed by atoms with van der Waals surface area (Å²) >= 11 is 0. The summed E-state index contributed by atoms with van der Waals surface area (Å²) in [4.78, 5) is 15.5. The Balaban J connectivity index is 2.26. The molecule has 0 aliphatic rings. The summed E-state index contributed by atoms with van der Waals surface area (Å²) < 4.78 is 39.5. The van der Waals surface area contributed by atoms with Crippen LogP contribution in [0.2, 0.25) is 0 Å². The van der Waals surface area contributed by atoms with Crippen molar-refractivity contribution in [1.82, 2.24) is 14.6 Å². The number of carboxylic acids is 1. The van der Waals surface area contributed by atoms with Crippen molar-refractivity contribution in [3.8, 4) is 11.3 Å². The van der Waals surface area contributed by atoms with E-state index < -0.39 is 17.7 Å². The first-order valence-electron chi connectivity index (χ1n) is 6.12. The molecule has 0 spiro atoms. The van der Waals surface area contributed by atoms with Crippen molar-refractivity contribution in [3.05, 3.63) is 53.9 Å². The van der Waals surface area contributed by atoms with Gasteiger partial charge in [-0.2, -0.15) is 18.3 Å². The molecule has 0 radical (unpaired) electrons. The largest absolute Gasteiger partial charge is 0.476 e. The van der Waals surface area contributed by atoms with E-state index in [0.717, 1.165) is 16.6 Å². The molecule has 3 aromatic rings. The second-order valence-electron chi connectivity index (χ2n) is 4.49. The highest BCUT2D eigenvalue weighted by Crippen LogP contribution is 2.33. The van der Waals surface area contributed by atoms with Crippen LogP contribution in [0.15, 0.2) is 42.6 Å². The van der Waals surface area contributed by atoms with E-state index in [4.69, 9.17) is 0 Å². The molecule has 1 aromatic carbocycles. The SMILES string of the molecule is O=C(O)c1c(-c2cccc(C(F)(F)F)c2)nc2cccnn12. The van der Waals surface area contributed by atoms with E-state index in [1.807, 2.05) is 0 Å². The molecule has 112 valence electrons. The fourth-order valence-corrected chi connectivity index (χ4v) is 2.12. The fourth-order valence-electron chi connectivity index (χ4n) is 2.12. The molecule has 0 saturated heterocycles. The Hall–Kier alpha value is -2.90. The van der Waals surface area contributed by atoms with Crippen molar-refractivity contribution in [1.29, 1.82) is 0 Å². The Kier molecular flexibility index (Phi) is 3.09. The van der Waals surface area contributed by atoms with Gasteiger partial charge in [-0.25, -0.2) is 14.3 Å². The molecule has 22 heavy (non-hydrogen) atoms. The van der Waals surface area contributed by atoms with Gasteiger partial charge in [0.2, 0.25) is 0 Å². The van der Waals surface area contributed by atoms with Crippen molar-refractivity contribution < 1.29 is 23.1 Å². The van der Waals surface area contributed by atoms with Crippen LogP contribution in [0, 0.1) is 0 Å². The smallest absolute Gasteiger partial charge is 0.416 e. The number of fused-ring (bicyclic) bond motifs is 1. The highest BCUT2D eigenvalue weighted by molar-refractivity contribution is 5.94. The van der Waals surface area contributed by atoms with Gasteiger partial charge in [0.05, 0.1) is 5.56 Å². The molecular weight excluding hydrogens is 299 g/mol. The highest BCUT2D eigenvalue weighted by atomic mass is 19.4. The Bertz CT molecular complexity index is 871. The summed E-state index contributed by atoms with van der Waals surface area (Å²) in [6, 6.07) is 7.46. The van der Waals surface area contributed by atoms with Gasteiger partial charge in [0.1, 0.15) is 5.69 Å². The Morgan fingerprint density at radius 3 is 2.64 bits per heavy atom. The molecule has 0 aliphatic carbocycles. The molecule has 0 unspecified atom stereocenters. The Morgan fingerprint density at radius 1 is 1.18 bits per heavy atom. The van der Waals surface area contributed by atoms with E-state index >= 15 is 0 Å². The maximum Gasteiger partial charge on any atom is 0.416 e. The lowest BCUT2D eigenvalue weighted by Gasteiger charge is -2.07. The first-order valence-corrected chi connectivity index (χ1v) is 6.12. The first kappa shape index (κ1) is 14.1. The monoisotopic (exact) mass is 307 g/mol. The molecule has 2 aromatic heterocycles. The van der Waals surface area contributed by atoms with E-state index in [1.54, 1.807) is 6.07 Å². The van der Waals surface area contributed by atoms with Crippen LogP contribution in [0.4, 0.5) is 13.2 Å². The number of rotatable bonds is 2. The van der Waals surface area contributed by atoms with Gasteiger partial charge in [-0.1, -0.05) is 12.1 Å². The molecule has 3 rings (SSSR count). The van der Waals surface area contributed by atoms with Gasteiger partial charge in [0, 0.05) is 11.8 Å². The lowest BCUT2D eigenvalue weighted by Crippen LogP contribution is -2.07. The zero-order valence-corrected chi connectivity index (χ0v) is 10.9. The number of hydrogen-bond acceptors (Lipinski definition) is 3. The summed E-state index contributed by atoms with van der Waals surface area (Å²) in [6.45, 7) is 0. The molecular formula is C14H8F3N3O2. The Labute approximate surface area is 121 Å². The van der Waals surface area contributed by atoms with Gasteiger partial charge >= 0.3 is 12.1 Å². The minimum atomic E-state index is -4.52. The second kappa shape index (κ2) is 4.83. The summed E-state index contributed by atoms with van der Waals surface area (Å²) in [7, 11) is 0. The number of carbonyl (C=O) groups is 1. The van der Waals surface area contributed by atoms with E-state index in [0.29, 0.717) is 0 Å². The summed E-state index contributed by atoms with van der Waals surface area (Å²) in [6.07, 6.45) is -3.14. The topological polar surface area (TPSA) is 67.5 Å². The van der Waals surface area contributed by atoms with Gasteiger partial charge < -0.3 is 5.11 Å². The zero-order valence-electron chi connectivity index (χ0n) is 10.9. The first-order chi connectivity index (χ1) is 10.4. The van der Waals surface area contributed by atoms with E-state index in [1.165, 1.54) is 24.4 Å². The lowest BCUT2D eigenvalue weighted by atomic mass is 10.1. The number of aromatic carboxylic acids is 1. The molecule has 2 heterocycles. The average molecular weight is 307 g/mol. The lowest BCUT2D eigenvalue weighted by molar-refractivity contribution is -0.137. The van der Waals surface area contributed by atoms with Crippen molar-refractivity contribution in [2.24, 2.45) is 0 Å². The normalized spacial score (nSPS) is 11.8. The molecule has 0 aliphatic heterocycles. The van der Waals surface area contributed by atoms with Crippen molar-refractivity contribution in [2.45, 2.75) is 6.18 Å². The van der Waals surface area contributed by atoms with E-state index in [9.17, 15) is 23.1 Å². The van der Waals surface area contributed by atoms with Gasteiger partial charge in [0.25, 0.3) is 0 Å². The Morgan fingerprint density at radius 2 is 1.95 bits per heavy atom. The van der Waals surface area contributed by atoms with Crippen LogP contribution in [0.3, 0.4) is 0 Å². The number of hydrogen-bond donors (Lipinski definition) is 1. The van der Waals surface area contributed by atoms with Crippen LogP contribution in [0.5, 0.6) is 0 Å². The maximum atomic E-state index is 12.8. The van der Waals surface area contributed by atoms with Gasteiger partial charge in [-0.3, -0.25) is 0 Å². The summed E-state index contributed by atoms with van der Waals surface area (Å²) in [5, 5.41) is 13.2. The van der Waals surface area contributed by atoms with Gasteiger partial charge in [0.15, 0.2) is 11.3 Å². The third kappa shape index (κ3) is 2.28. The number of halogens is 3. The predicted octanol–water partition coefficient (Wildman–Crippen LogP) is 3.11. The fraction of sp³-hybridized carbons (Fsp3) is 0.0714. The van der Waals surface area contributed by atoms with Crippen molar-refractivity contribution >= 4 is 11.6 Å². The number of benzene rings is 1. The minimum absolute atomic E-state index is 0.0581. The number of imidazole rings is 1. The van der Waals surface area contributed by atoms with Crippen LogP contribution in [0.25, 0.3) is 16.9 Å². The molecule has 0 atom stereocenters. The molecule has 0 saturated carbocycles. The third-order valence-electron chi connectivity index (χ3n) is 3.06. The average Bonchev–Trinajstić information content (AvgIpc) is 2.86. The number of alkyl halides is 3. The number of carboxylic acid groups (broad SMARTS) is 1.